The number of aliphatic hydroxyl groups is 2. The van der Waals surface area contributed by atoms with Crippen molar-refractivity contribution in [3.05, 3.63) is 35.4 Å². The van der Waals surface area contributed by atoms with Gasteiger partial charge in [0.15, 0.2) is 0 Å². The fourth-order valence-electron chi connectivity index (χ4n) is 3.67. The number of hydrogen-bond acceptors (Lipinski definition) is 2. The van der Waals surface area contributed by atoms with E-state index in [1.807, 2.05) is 24.3 Å². The summed E-state index contributed by atoms with van der Waals surface area (Å²) < 4.78 is 0. The average molecular weight is 333 g/mol. The van der Waals surface area contributed by atoms with Crippen LogP contribution in [0.15, 0.2) is 24.3 Å². The van der Waals surface area contributed by atoms with Gasteiger partial charge in [0, 0.05) is 12.0 Å². The molecule has 0 spiro atoms. The second kappa shape index (κ2) is 8.68. The van der Waals surface area contributed by atoms with Crippen LogP contribution in [0, 0.1) is 11.5 Å². The molecular weight excluding hydrogens is 300 g/mol. The molecule has 0 radical (unpaired) electrons. The first-order chi connectivity index (χ1) is 10.7. The SMILES string of the molecule is CC(C)[Si](C#Cc1ccc(CC(O)CO)cc1)(C(C)C)C(C)C. The van der Waals surface area contributed by atoms with Crippen LogP contribution >= 0.6 is 0 Å². The second-order valence-electron chi connectivity index (χ2n) is 7.38. The Kier molecular flexibility index (Phi) is 7.53. The van der Waals surface area contributed by atoms with Crippen molar-refractivity contribution in [3.63, 3.8) is 0 Å². The molecule has 1 aromatic carbocycles. The van der Waals surface area contributed by atoms with Crippen LogP contribution in [0.25, 0.3) is 0 Å². The Morgan fingerprint density at radius 1 is 0.913 bits per heavy atom. The van der Waals surface area contributed by atoms with Crippen LogP contribution in [0.4, 0.5) is 0 Å². The first-order valence-corrected chi connectivity index (χ1v) is 10.9. The number of aliphatic hydroxyl groups excluding tert-OH is 2. The average Bonchev–Trinajstić information content (AvgIpc) is 2.48. The molecule has 23 heavy (non-hydrogen) atoms. The topological polar surface area (TPSA) is 40.5 Å². The molecule has 0 aliphatic carbocycles. The normalized spacial score (nSPS) is 13.3. The third kappa shape index (κ3) is 4.94. The number of hydrogen-bond donors (Lipinski definition) is 2. The molecule has 1 aromatic rings. The molecule has 2 nitrogen and oxygen atoms in total. The molecule has 0 saturated heterocycles. The summed E-state index contributed by atoms with van der Waals surface area (Å²) in [7, 11) is -1.69. The zero-order valence-corrected chi connectivity index (χ0v) is 16.4. The van der Waals surface area contributed by atoms with Crippen LogP contribution in [0.1, 0.15) is 52.7 Å². The molecule has 0 aromatic heterocycles. The summed E-state index contributed by atoms with van der Waals surface area (Å²) in [6.45, 7) is 13.7. The molecule has 0 amide bonds. The van der Waals surface area contributed by atoms with Gasteiger partial charge in [-0.1, -0.05) is 59.6 Å². The van der Waals surface area contributed by atoms with Crippen LogP contribution in [0.2, 0.25) is 16.6 Å². The van der Waals surface area contributed by atoms with Gasteiger partial charge in [-0.05, 0) is 34.3 Å². The lowest BCUT2D eigenvalue weighted by atomic mass is 10.1. The minimum Gasteiger partial charge on any atom is -0.394 e. The Morgan fingerprint density at radius 2 is 1.39 bits per heavy atom. The highest BCUT2D eigenvalue weighted by Gasteiger charge is 2.41. The van der Waals surface area contributed by atoms with E-state index in [1.165, 1.54) is 0 Å². The molecule has 2 N–H and O–H groups in total. The summed E-state index contributed by atoms with van der Waals surface area (Å²) in [4.78, 5) is 0. The van der Waals surface area contributed by atoms with Crippen molar-refractivity contribution in [3.8, 4) is 11.5 Å². The molecule has 1 unspecified atom stereocenters. The fourth-order valence-corrected chi connectivity index (χ4v) is 8.90. The summed E-state index contributed by atoms with van der Waals surface area (Å²) in [6, 6.07) is 8.03. The summed E-state index contributed by atoms with van der Waals surface area (Å²) in [5.74, 6) is 3.42. The molecule has 0 saturated carbocycles. The third-order valence-electron chi connectivity index (χ3n) is 4.93. The predicted octanol–water partition coefficient (Wildman–Crippen LogP) is 4.15. The van der Waals surface area contributed by atoms with E-state index in [2.05, 4.69) is 53.0 Å². The summed E-state index contributed by atoms with van der Waals surface area (Å²) in [6.07, 6.45) is -0.206. The van der Waals surface area contributed by atoms with Gasteiger partial charge in [0.25, 0.3) is 0 Å². The van der Waals surface area contributed by atoms with E-state index < -0.39 is 14.2 Å². The molecule has 0 aliphatic heterocycles. The highest BCUT2D eigenvalue weighted by atomic mass is 28.3. The lowest BCUT2D eigenvalue weighted by Crippen LogP contribution is -2.43. The maximum absolute atomic E-state index is 9.50. The molecule has 0 fully saturated rings. The van der Waals surface area contributed by atoms with E-state index in [1.54, 1.807) is 0 Å². The van der Waals surface area contributed by atoms with Crippen molar-refractivity contribution < 1.29 is 10.2 Å². The van der Waals surface area contributed by atoms with Crippen molar-refractivity contribution in [2.75, 3.05) is 6.61 Å². The van der Waals surface area contributed by atoms with Crippen molar-refractivity contribution in [2.45, 2.75) is 70.7 Å². The second-order valence-corrected chi connectivity index (χ2v) is 13.0. The summed E-state index contributed by atoms with van der Waals surface area (Å²) >= 11 is 0. The minimum absolute atomic E-state index is 0.202. The van der Waals surface area contributed by atoms with E-state index in [-0.39, 0.29) is 6.61 Å². The van der Waals surface area contributed by atoms with Gasteiger partial charge in [0.1, 0.15) is 8.07 Å². The van der Waals surface area contributed by atoms with Crippen LogP contribution in [0.3, 0.4) is 0 Å². The standard InChI is InChI=1S/C20H32O2Si/c1-15(2)23(16(3)4,17(5)6)12-11-18-7-9-19(10-8-18)13-20(22)14-21/h7-10,15-17,20-22H,13-14H2,1-6H3. The minimum atomic E-state index is -1.69. The Bertz CT molecular complexity index is 513. The van der Waals surface area contributed by atoms with Crippen LogP contribution in [-0.2, 0) is 6.42 Å². The Labute approximate surface area is 143 Å². The van der Waals surface area contributed by atoms with E-state index >= 15 is 0 Å². The van der Waals surface area contributed by atoms with Gasteiger partial charge in [-0.15, -0.1) is 5.54 Å². The summed E-state index contributed by atoms with van der Waals surface area (Å²) in [5, 5.41) is 18.4. The van der Waals surface area contributed by atoms with Gasteiger partial charge in [0.2, 0.25) is 0 Å². The van der Waals surface area contributed by atoms with Crippen LogP contribution in [0.5, 0.6) is 0 Å². The molecule has 1 atom stereocenters. The number of rotatable bonds is 6. The van der Waals surface area contributed by atoms with Crippen LogP contribution in [-0.4, -0.2) is 31.0 Å². The van der Waals surface area contributed by atoms with Crippen molar-refractivity contribution >= 4 is 8.07 Å². The maximum atomic E-state index is 9.50. The largest absolute Gasteiger partial charge is 0.394 e. The molecular formula is C20H32O2Si. The molecule has 0 bridgehead atoms. The van der Waals surface area contributed by atoms with Crippen molar-refractivity contribution in [2.24, 2.45) is 0 Å². The van der Waals surface area contributed by atoms with Crippen molar-refractivity contribution in [1.29, 1.82) is 0 Å². The highest BCUT2D eigenvalue weighted by molar-refractivity contribution is 6.90. The molecule has 0 aliphatic rings. The fraction of sp³-hybridized carbons (Fsp3) is 0.600. The quantitative estimate of drug-likeness (QED) is 0.607. The van der Waals surface area contributed by atoms with Gasteiger partial charge in [0.05, 0.1) is 12.7 Å². The lowest BCUT2D eigenvalue weighted by molar-refractivity contribution is 0.0955. The highest BCUT2D eigenvalue weighted by Crippen LogP contribution is 2.40. The Hall–Kier alpha value is -1.08. The number of benzene rings is 1. The lowest BCUT2D eigenvalue weighted by Gasteiger charge is -2.38. The third-order valence-corrected chi connectivity index (χ3v) is 11.2. The molecule has 128 valence electrons. The smallest absolute Gasteiger partial charge is 0.146 e. The monoisotopic (exact) mass is 332 g/mol. The van der Waals surface area contributed by atoms with Gasteiger partial charge < -0.3 is 10.2 Å². The first kappa shape index (κ1) is 20.0. The zero-order valence-electron chi connectivity index (χ0n) is 15.4. The van der Waals surface area contributed by atoms with Gasteiger partial charge in [-0.2, -0.15) is 0 Å². The Morgan fingerprint density at radius 3 is 1.78 bits per heavy atom. The van der Waals surface area contributed by atoms with E-state index in [9.17, 15) is 5.11 Å². The Balaban J connectivity index is 3.04. The molecule has 0 heterocycles. The van der Waals surface area contributed by atoms with E-state index in [4.69, 9.17) is 5.11 Å². The van der Waals surface area contributed by atoms with Crippen molar-refractivity contribution in [1.82, 2.24) is 0 Å². The first-order valence-electron chi connectivity index (χ1n) is 8.65. The predicted molar refractivity (Wildman–Crippen MR) is 101 cm³/mol. The maximum Gasteiger partial charge on any atom is 0.146 e. The molecule has 1 rings (SSSR count). The van der Waals surface area contributed by atoms with Crippen LogP contribution < -0.4 is 0 Å². The summed E-state index contributed by atoms with van der Waals surface area (Å²) in [5.41, 5.74) is 7.68. The zero-order chi connectivity index (χ0) is 17.6. The van der Waals surface area contributed by atoms with E-state index in [0.717, 1.165) is 11.1 Å². The molecule has 3 heteroatoms. The van der Waals surface area contributed by atoms with E-state index in [0.29, 0.717) is 23.0 Å². The van der Waals surface area contributed by atoms with Gasteiger partial charge in [-0.3, -0.25) is 0 Å². The van der Waals surface area contributed by atoms with Gasteiger partial charge in [-0.25, -0.2) is 0 Å². The van der Waals surface area contributed by atoms with Gasteiger partial charge >= 0.3 is 0 Å².